The van der Waals surface area contributed by atoms with Gasteiger partial charge in [0.2, 0.25) is 0 Å². The molecule has 1 fully saturated rings. The zero-order valence-electron chi connectivity index (χ0n) is 12.6. The van der Waals surface area contributed by atoms with Crippen molar-refractivity contribution in [2.24, 2.45) is 5.41 Å². The predicted molar refractivity (Wildman–Crippen MR) is 80.7 cm³/mol. The molecule has 2 atom stereocenters. The minimum absolute atomic E-state index is 0.136. The van der Waals surface area contributed by atoms with Gasteiger partial charge in [-0.15, -0.1) is 0 Å². The number of hydrogen-bond acceptors (Lipinski definition) is 3. The van der Waals surface area contributed by atoms with Crippen LogP contribution in [0.2, 0.25) is 0 Å². The van der Waals surface area contributed by atoms with Crippen molar-refractivity contribution in [2.45, 2.75) is 58.5 Å². The Kier molecular flexibility index (Phi) is 4.43. The topological polar surface area (TPSA) is 55.2 Å². The van der Waals surface area contributed by atoms with Crippen LogP contribution in [0.15, 0.2) is 24.3 Å². The Balaban J connectivity index is 2.09. The normalized spacial score (nSPS) is 23.2. The van der Waals surface area contributed by atoms with Gasteiger partial charge in [-0.25, -0.2) is 0 Å². The van der Waals surface area contributed by atoms with Gasteiger partial charge < -0.3 is 5.32 Å². The van der Waals surface area contributed by atoms with E-state index in [1.165, 1.54) is 25.7 Å². The van der Waals surface area contributed by atoms with Crippen LogP contribution in [-0.4, -0.2) is 11.0 Å². The lowest BCUT2D eigenvalue weighted by Gasteiger charge is -2.40. The molecule has 1 aromatic carbocycles. The fourth-order valence-corrected chi connectivity index (χ4v) is 3.11. The number of hydrogen-bond donors (Lipinski definition) is 1. The lowest BCUT2D eigenvalue weighted by atomic mass is 9.73. The Morgan fingerprint density at radius 3 is 2.80 bits per heavy atom. The Hall–Kier alpha value is -1.42. The summed E-state index contributed by atoms with van der Waals surface area (Å²) in [5.41, 5.74) is 1.45. The average molecular weight is 276 g/mol. The van der Waals surface area contributed by atoms with E-state index < -0.39 is 0 Å². The van der Waals surface area contributed by atoms with Crippen molar-refractivity contribution in [1.82, 2.24) is 5.32 Å². The molecule has 1 N–H and O–H groups in total. The highest BCUT2D eigenvalue weighted by atomic mass is 16.6. The van der Waals surface area contributed by atoms with E-state index in [-0.39, 0.29) is 16.7 Å². The molecule has 20 heavy (non-hydrogen) atoms. The molecular weight excluding hydrogens is 252 g/mol. The summed E-state index contributed by atoms with van der Waals surface area (Å²) in [7, 11) is 0. The van der Waals surface area contributed by atoms with Crippen molar-refractivity contribution in [2.75, 3.05) is 0 Å². The van der Waals surface area contributed by atoms with Gasteiger partial charge >= 0.3 is 0 Å². The maximum atomic E-state index is 10.9. The first-order chi connectivity index (χ1) is 9.40. The molecule has 0 amide bonds. The number of nitrogens with one attached hydrogen (secondary N) is 1. The second kappa shape index (κ2) is 5.92. The lowest BCUT2D eigenvalue weighted by Crippen LogP contribution is -2.45. The number of rotatable bonds is 4. The zero-order valence-corrected chi connectivity index (χ0v) is 12.6. The highest BCUT2D eigenvalue weighted by Gasteiger charge is 2.32. The van der Waals surface area contributed by atoms with Crippen LogP contribution in [0, 0.1) is 15.5 Å². The number of nitrogens with zero attached hydrogens (tertiary/aromatic N) is 1. The molecule has 110 valence electrons. The van der Waals surface area contributed by atoms with Gasteiger partial charge in [0.15, 0.2) is 0 Å². The van der Waals surface area contributed by atoms with Gasteiger partial charge in [0.1, 0.15) is 0 Å². The van der Waals surface area contributed by atoms with E-state index in [0.717, 1.165) is 5.56 Å². The van der Waals surface area contributed by atoms with E-state index in [1.807, 2.05) is 6.07 Å². The Morgan fingerprint density at radius 2 is 2.15 bits per heavy atom. The van der Waals surface area contributed by atoms with E-state index >= 15 is 0 Å². The summed E-state index contributed by atoms with van der Waals surface area (Å²) in [6.07, 6.45) is 5.00. The Bertz CT molecular complexity index is 485. The average Bonchev–Trinajstić information content (AvgIpc) is 2.41. The molecule has 0 aromatic heterocycles. The Morgan fingerprint density at radius 1 is 1.40 bits per heavy atom. The third kappa shape index (κ3) is 3.37. The van der Waals surface area contributed by atoms with Gasteiger partial charge in [0.25, 0.3) is 5.69 Å². The maximum absolute atomic E-state index is 10.9. The largest absolute Gasteiger partial charge is 0.307 e. The van der Waals surface area contributed by atoms with E-state index in [2.05, 4.69) is 26.1 Å². The first kappa shape index (κ1) is 15.0. The molecule has 0 bridgehead atoms. The van der Waals surface area contributed by atoms with Gasteiger partial charge in [-0.2, -0.15) is 0 Å². The van der Waals surface area contributed by atoms with Gasteiger partial charge in [-0.3, -0.25) is 10.1 Å². The molecular formula is C16H24N2O2. The third-order valence-corrected chi connectivity index (χ3v) is 4.54. The van der Waals surface area contributed by atoms with Crippen molar-refractivity contribution in [3.8, 4) is 0 Å². The minimum Gasteiger partial charge on any atom is -0.307 e. The fourth-order valence-electron chi connectivity index (χ4n) is 3.11. The van der Waals surface area contributed by atoms with E-state index in [4.69, 9.17) is 0 Å². The quantitative estimate of drug-likeness (QED) is 0.662. The van der Waals surface area contributed by atoms with Crippen LogP contribution in [0.25, 0.3) is 0 Å². The highest BCUT2D eigenvalue weighted by molar-refractivity contribution is 5.35. The van der Waals surface area contributed by atoms with Gasteiger partial charge in [-0.05, 0) is 30.7 Å². The summed E-state index contributed by atoms with van der Waals surface area (Å²) in [6.45, 7) is 6.71. The second-order valence-electron chi connectivity index (χ2n) is 6.53. The summed E-state index contributed by atoms with van der Waals surface area (Å²) >= 11 is 0. The third-order valence-electron chi connectivity index (χ3n) is 4.54. The number of non-ortho nitro benzene ring substituents is 1. The molecule has 0 radical (unpaired) electrons. The number of nitro benzene ring substituents is 1. The SMILES string of the molecule is CC(NC1CCCCC1(C)C)c1cccc([N+](=O)[O-])c1. The lowest BCUT2D eigenvalue weighted by molar-refractivity contribution is -0.384. The molecule has 2 unspecified atom stereocenters. The van der Waals surface area contributed by atoms with Crippen LogP contribution in [0.3, 0.4) is 0 Å². The van der Waals surface area contributed by atoms with E-state index in [9.17, 15) is 10.1 Å². The highest BCUT2D eigenvalue weighted by Crippen LogP contribution is 2.36. The second-order valence-corrected chi connectivity index (χ2v) is 6.53. The maximum Gasteiger partial charge on any atom is 0.269 e. The van der Waals surface area contributed by atoms with Crippen molar-refractivity contribution in [3.05, 3.63) is 39.9 Å². The smallest absolute Gasteiger partial charge is 0.269 e. The van der Waals surface area contributed by atoms with E-state index in [1.54, 1.807) is 18.2 Å². The molecule has 4 nitrogen and oxygen atoms in total. The molecule has 1 aliphatic rings. The molecule has 1 aliphatic carbocycles. The van der Waals surface area contributed by atoms with Crippen molar-refractivity contribution < 1.29 is 4.92 Å². The first-order valence-corrected chi connectivity index (χ1v) is 7.40. The van der Waals surface area contributed by atoms with Crippen LogP contribution in [-0.2, 0) is 0 Å². The summed E-state index contributed by atoms with van der Waals surface area (Å²) in [5.74, 6) is 0. The van der Waals surface area contributed by atoms with Crippen molar-refractivity contribution >= 4 is 5.69 Å². The minimum atomic E-state index is -0.333. The Labute approximate surface area is 120 Å². The van der Waals surface area contributed by atoms with Crippen LogP contribution < -0.4 is 5.32 Å². The number of nitro groups is 1. The van der Waals surface area contributed by atoms with Crippen LogP contribution in [0.4, 0.5) is 5.69 Å². The number of benzene rings is 1. The summed E-state index contributed by atoms with van der Waals surface area (Å²) in [5, 5.41) is 14.5. The summed E-state index contributed by atoms with van der Waals surface area (Å²) in [4.78, 5) is 10.5. The van der Waals surface area contributed by atoms with Crippen LogP contribution in [0.1, 0.15) is 58.1 Å². The molecule has 2 rings (SSSR count). The van der Waals surface area contributed by atoms with Gasteiger partial charge in [0, 0.05) is 24.2 Å². The van der Waals surface area contributed by atoms with Crippen LogP contribution in [0.5, 0.6) is 0 Å². The van der Waals surface area contributed by atoms with Gasteiger partial charge in [-0.1, -0.05) is 38.8 Å². The monoisotopic (exact) mass is 276 g/mol. The first-order valence-electron chi connectivity index (χ1n) is 7.40. The molecule has 0 aliphatic heterocycles. The van der Waals surface area contributed by atoms with Crippen molar-refractivity contribution in [3.63, 3.8) is 0 Å². The molecule has 0 spiro atoms. The molecule has 4 heteroatoms. The fraction of sp³-hybridized carbons (Fsp3) is 0.625. The molecule has 1 saturated carbocycles. The molecule has 0 heterocycles. The van der Waals surface area contributed by atoms with E-state index in [0.29, 0.717) is 11.5 Å². The van der Waals surface area contributed by atoms with Gasteiger partial charge in [0.05, 0.1) is 4.92 Å². The van der Waals surface area contributed by atoms with Crippen LogP contribution >= 0.6 is 0 Å². The summed E-state index contributed by atoms with van der Waals surface area (Å²) in [6, 6.07) is 7.55. The molecule has 1 aromatic rings. The predicted octanol–water partition coefficient (Wildman–Crippen LogP) is 4.21. The van der Waals surface area contributed by atoms with Crippen molar-refractivity contribution in [1.29, 1.82) is 0 Å². The molecule has 0 saturated heterocycles. The summed E-state index contributed by atoms with van der Waals surface area (Å²) < 4.78 is 0. The zero-order chi connectivity index (χ0) is 14.8. The standard InChI is InChI=1S/C16H24N2O2/c1-12(13-7-6-8-14(11-13)18(19)20)17-15-9-4-5-10-16(15,2)3/h6-8,11-12,15,17H,4-5,9-10H2,1-3H3.